The first-order valence-electron chi connectivity index (χ1n) is 11.3. The Hall–Kier alpha value is -2.76. The number of nitrogens with one attached hydrogen (secondary N) is 2. The molecule has 1 aliphatic carbocycles. The fourth-order valence-corrected chi connectivity index (χ4v) is 6.08. The Labute approximate surface area is 217 Å². The van der Waals surface area contributed by atoms with Crippen LogP contribution < -0.4 is 10.0 Å². The monoisotopic (exact) mass is 559 g/mol. The summed E-state index contributed by atoms with van der Waals surface area (Å²) in [4.78, 5) is 3.48. The van der Waals surface area contributed by atoms with E-state index in [0.29, 0.717) is 24.0 Å². The second-order valence-corrected chi connectivity index (χ2v) is 10.9. The summed E-state index contributed by atoms with van der Waals surface area (Å²) >= 11 is 0. The van der Waals surface area contributed by atoms with Crippen molar-refractivity contribution in [2.75, 3.05) is 24.5 Å². The van der Waals surface area contributed by atoms with Gasteiger partial charge in [0, 0.05) is 24.4 Å². The highest BCUT2D eigenvalue weighted by Gasteiger charge is 2.44. The van der Waals surface area contributed by atoms with Gasteiger partial charge in [-0.3, -0.25) is 9.11 Å². The van der Waals surface area contributed by atoms with Gasteiger partial charge < -0.3 is 5.32 Å². The highest BCUT2D eigenvalue weighted by atomic mass is 35.5. The van der Waals surface area contributed by atoms with Gasteiger partial charge in [-0.05, 0) is 71.5 Å². The van der Waals surface area contributed by atoms with Crippen LogP contribution in [0.15, 0.2) is 59.5 Å². The van der Waals surface area contributed by atoms with Gasteiger partial charge >= 0.3 is 6.18 Å². The van der Waals surface area contributed by atoms with Crippen molar-refractivity contribution in [3.63, 3.8) is 0 Å². The lowest BCUT2D eigenvalue weighted by Gasteiger charge is -2.43. The molecule has 198 valence electrons. The van der Waals surface area contributed by atoms with Gasteiger partial charge in [0.25, 0.3) is 10.0 Å². The van der Waals surface area contributed by atoms with E-state index in [1.54, 1.807) is 6.07 Å². The molecule has 0 saturated carbocycles. The first kappa shape index (κ1) is 27.3. The second kappa shape index (κ2) is 9.85. The van der Waals surface area contributed by atoms with Crippen molar-refractivity contribution in [3.8, 4) is 0 Å². The molecular formula is C25H23ClF5N3O2S. The topological polar surface area (TPSA) is 71.1 Å². The second-order valence-electron chi connectivity index (χ2n) is 9.22. The molecule has 2 N–H and O–H groups in total. The molecule has 1 fully saturated rings. The largest absolute Gasteiger partial charge is 0.416 e. The number of hydrogen-bond acceptors (Lipinski definition) is 4. The molecule has 5 nitrogen and oxygen atoms in total. The molecule has 0 radical (unpaired) electrons. The van der Waals surface area contributed by atoms with Crippen molar-refractivity contribution in [2.45, 2.75) is 35.2 Å². The molecule has 1 saturated heterocycles. The fraction of sp³-hybridized carbons (Fsp3) is 0.320. The molecule has 0 bridgehead atoms. The van der Waals surface area contributed by atoms with Crippen LogP contribution in [0.2, 0.25) is 0 Å². The summed E-state index contributed by atoms with van der Waals surface area (Å²) in [7, 11) is -4.05. The molecule has 0 amide bonds. The average Bonchev–Trinajstić information content (AvgIpc) is 3.21. The van der Waals surface area contributed by atoms with E-state index in [-0.39, 0.29) is 42.1 Å². The zero-order valence-corrected chi connectivity index (χ0v) is 20.9. The summed E-state index contributed by atoms with van der Waals surface area (Å²) in [6.45, 7) is -0.298. The molecule has 1 atom stereocenters. The number of aryl methyl sites for hydroxylation is 1. The summed E-state index contributed by atoms with van der Waals surface area (Å²) in [5, 5.41) is 2.97. The summed E-state index contributed by atoms with van der Waals surface area (Å²) in [6.07, 6.45) is -3.50. The molecular weight excluding hydrogens is 537 g/mol. The lowest BCUT2D eigenvalue weighted by Crippen LogP contribution is -2.58. The quantitative estimate of drug-likeness (QED) is 0.315. The van der Waals surface area contributed by atoms with Gasteiger partial charge in [0.15, 0.2) is 0 Å². The van der Waals surface area contributed by atoms with Gasteiger partial charge in [0.2, 0.25) is 5.95 Å². The normalized spacial score (nSPS) is 18.5. The average molecular weight is 560 g/mol. The number of aromatic nitrogens is 1. The molecule has 1 unspecified atom stereocenters. The van der Waals surface area contributed by atoms with Gasteiger partial charge in [-0.1, -0.05) is 18.2 Å². The van der Waals surface area contributed by atoms with E-state index in [4.69, 9.17) is 0 Å². The van der Waals surface area contributed by atoms with Crippen LogP contribution in [0.3, 0.4) is 0 Å². The maximum atomic E-state index is 14.1. The van der Waals surface area contributed by atoms with Crippen molar-refractivity contribution in [1.82, 2.24) is 10.3 Å². The number of benzene rings is 2. The maximum absolute atomic E-state index is 14.1. The van der Waals surface area contributed by atoms with Crippen LogP contribution in [0.5, 0.6) is 0 Å². The van der Waals surface area contributed by atoms with Crippen LogP contribution in [-0.2, 0) is 28.0 Å². The van der Waals surface area contributed by atoms with Crippen LogP contribution in [-0.4, -0.2) is 33.2 Å². The van der Waals surface area contributed by atoms with E-state index in [2.05, 4.69) is 15.0 Å². The molecule has 37 heavy (non-hydrogen) atoms. The van der Waals surface area contributed by atoms with Crippen LogP contribution >= 0.6 is 12.4 Å². The third kappa shape index (κ3) is 5.04. The Balaban J connectivity index is 0.00000320. The lowest BCUT2D eigenvalue weighted by molar-refractivity contribution is -0.137. The van der Waals surface area contributed by atoms with Gasteiger partial charge in [-0.15, -0.1) is 12.4 Å². The van der Waals surface area contributed by atoms with E-state index in [0.717, 1.165) is 29.3 Å². The number of anilines is 1. The van der Waals surface area contributed by atoms with Crippen LogP contribution in [0, 0.1) is 5.95 Å². The minimum Gasteiger partial charge on any atom is -0.315 e. The predicted octanol–water partition coefficient (Wildman–Crippen LogP) is 5.35. The smallest absolute Gasteiger partial charge is 0.315 e. The number of nitrogens with zero attached hydrogens (tertiary/aromatic N) is 1. The number of alkyl halides is 4. The lowest BCUT2D eigenvalue weighted by atomic mass is 9.71. The molecule has 12 heteroatoms. The van der Waals surface area contributed by atoms with Gasteiger partial charge in [-0.2, -0.15) is 17.6 Å². The highest BCUT2D eigenvalue weighted by molar-refractivity contribution is 7.92. The standard InChI is InChI=1S/C25H22F5N3O2S.ClH/c26-12-24(13-31-14-24)21-11-16(25(28,29)30)5-8-20(21)19-7-4-15-10-17(6-9-18(15)19)36(34,35)33-23-3-1-2-22(27)32-23;/h1-3,5-6,8-11,19,31H,4,7,12-14H2,(H,32,33);1H. The van der Waals surface area contributed by atoms with Crippen LogP contribution in [0.25, 0.3) is 0 Å². The number of halogens is 6. The zero-order valence-electron chi connectivity index (χ0n) is 19.3. The molecule has 1 aliphatic heterocycles. The van der Waals surface area contributed by atoms with E-state index in [9.17, 15) is 30.4 Å². The SMILES string of the molecule is Cl.O=S(=O)(Nc1cccc(F)n1)c1ccc2c(c1)CCC2c1ccc(C(F)(F)F)cc1C1(CF)CNC1. The zero-order chi connectivity index (χ0) is 25.7. The highest BCUT2D eigenvalue weighted by Crippen LogP contribution is 2.45. The molecule has 2 aromatic carbocycles. The minimum absolute atomic E-state index is 0. The fourth-order valence-electron chi connectivity index (χ4n) is 5.03. The van der Waals surface area contributed by atoms with Crippen LogP contribution in [0.1, 0.15) is 40.2 Å². The summed E-state index contributed by atoms with van der Waals surface area (Å²) in [5.74, 6) is -1.28. The van der Waals surface area contributed by atoms with E-state index in [1.807, 2.05) is 0 Å². The Morgan fingerprint density at radius 1 is 1.05 bits per heavy atom. The van der Waals surface area contributed by atoms with Crippen molar-refractivity contribution in [1.29, 1.82) is 0 Å². The third-order valence-electron chi connectivity index (χ3n) is 6.97. The van der Waals surface area contributed by atoms with Gasteiger partial charge in [-0.25, -0.2) is 13.4 Å². The molecule has 2 heterocycles. The van der Waals surface area contributed by atoms with Crippen LogP contribution in [0.4, 0.5) is 27.8 Å². The Kier molecular flexibility index (Phi) is 7.26. The molecule has 3 aromatic rings. The van der Waals surface area contributed by atoms with Crippen molar-refractivity contribution >= 4 is 28.2 Å². The summed E-state index contributed by atoms with van der Waals surface area (Å²) < 4.78 is 95.8. The Bertz CT molecular complexity index is 1420. The van der Waals surface area contributed by atoms with E-state index < -0.39 is 39.8 Å². The van der Waals surface area contributed by atoms with Crippen molar-refractivity contribution in [3.05, 3.63) is 88.4 Å². The first-order chi connectivity index (χ1) is 17.0. The van der Waals surface area contributed by atoms with Crippen molar-refractivity contribution in [2.24, 2.45) is 0 Å². The predicted molar refractivity (Wildman–Crippen MR) is 131 cm³/mol. The Morgan fingerprint density at radius 3 is 2.41 bits per heavy atom. The number of pyridine rings is 1. The first-order valence-corrected chi connectivity index (χ1v) is 12.8. The molecule has 0 spiro atoms. The third-order valence-corrected chi connectivity index (χ3v) is 8.32. The minimum atomic E-state index is -4.55. The molecule has 5 rings (SSSR count). The van der Waals surface area contributed by atoms with Gasteiger partial charge in [0.1, 0.15) is 12.5 Å². The summed E-state index contributed by atoms with van der Waals surface area (Å²) in [5.41, 5.74) is 0.648. The summed E-state index contributed by atoms with van der Waals surface area (Å²) in [6, 6.07) is 11.8. The van der Waals surface area contributed by atoms with E-state index in [1.165, 1.54) is 30.3 Å². The van der Waals surface area contributed by atoms with Crippen molar-refractivity contribution < 1.29 is 30.4 Å². The number of sulfonamides is 1. The van der Waals surface area contributed by atoms with Gasteiger partial charge in [0.05, 0.1) is 10.5 Å². The number of hydrogen-bond donors (Lipinski definition) is 2. The maximum Gasteiger partial charge on any atom is 0.416 e. The van der Waals surface area contributed by atoms with E-state index >= 15 is 0 Å². The number of fused-ring (bicyclic) bond motifs is 1. The Morgan fingerprint density at radius 2 is 1.78 bits per heavy atom. The number of rotatable bonds is 6. The molecule has 2 aliphatic rings. The molecule has 1 aromatic heterocycles.